The number of benzene rings is 1. The average molecular weight is 534 g/mol. The molecule has 0 aliphatic heterocycles. The number of guanidine groups is 1. The normalized spacial score (nSPS) is 11.4. The third kappa shape index (κ3) is 8.90. The van der Waals surface area contributed by atoms with Crippen molar-refractivity contribution in [3.05, 3.63) is 41.5 Å². The van der Waals surface area contributed by atoms with Crippen molar-refractivity contribution in [3.63, 3.8) is 0 Å². The quantitative estimate of drug-likeness (QED) is 0.160. The van der Waals surface area contributed by atoms with E-state index in [1.165, 1.54) is 6.07 Å². The van der Waals surface area contributed by atoms with E-state index in [1.807, 2.05) is 12.3 Å². The average Bonchev–Trinajstić information content (AvgIpc) is 3.04. The smallest absolute Gasteiger partial charge is 0.190 e. The second kappa shape index (κ2) is 13.8. The van der Waals surface area contributed by atoms with Crippen LogP contribution in [0, 0.1) is 11.7 Å². The maximum absolute atomic E-state index is 13.2. The molecule has 0 aliphatic rings. The Labute approximate surface area is 194 Å². The number of aliphatic imine (C=N–C) groups is 1. The first-order valence-electron chi connectivity index (χ1n) is 9.68. The lowest BCUT2D eigenvalue weighted by atomic mass is 10.1. The highest BCUT2D eigenvalue weighted by Gasteiger charge is 2.12. The molecular formula is C20H32FIN6S. The van der Waals surface area contributed by atoms with Crippen LogP contribution in [0.15, 0.2) is 34.4 Å². The summed E-state index contributed by atoms with van der Waals surface area (Å²) in [6, 6.07) is 6.69. The molecule has 0 saturated heterocycles. The molecule has 0 spiro atoms. The number of nitrogens with zero attached hydrogens (tertiary/aromatic N) is 4. The second-order valence-electron chi connectivity index (χ2n) is 7.02. The monoisotopic (exact) mass is 534 g/mol. The van der Waals surface area contributed by atoms with Gasteiger partial charge in [-0.25, -0.2) is 4.39 Å². The Morgan fingerprint density at radius 2 is 1.97 bits per heavy atom. The number of aryl methyl sites for hydroxylation is 1. The minimum absolute atomic E-state index is 0. The Hall–Kier alpha value is -1.36. The van der Waals surface area contributed by atoms with E-state index >= 15 is 0 Å². The first-order chi connectivity index (χ1) is 13.5. The minimum atomic E-state index is -0.199. The maximum Gasteiger partial charge on any atom is 0.190 e. The van der Waals surface area contributed by atoms with Gasteiger partial charge in [0.15, 0.2) is 11.1 Å². The van der Waals surface area contributed by atoms with Crippen LogP contribution in [0.1, 0.15) is 31.7 Å². The fourth-order valence-corrected chi connectivity index (χ4v) is 3.42. The Kier molecular flexibility index (Phi) is 12.2. The van der Waals surface area contributed by atoms with Crippen molar-refractivity contribution in [3.8, 4) is 0 Å². The van der Waals surface area contributed by atoms with Gasteiger partial charge in [0.1, 0.15) is 11.6 Å². The standard InChI is InChI=1S/C20H31FN6S.HI/c1-15(2)14-27-18(25-26-20(27)28-4)9-6-11-23-19(22-3)24-12-10-16-7-5-8-17(21)13-16;/h5,7-8,13,15H,6,9-12,14H2,1-4H3,(H2,22,23,24);1H. The van der Waals surface area contributed by atoms with Gasteiger partial charge in [-0.05, 0) is 42.7 Å². The van der Waals surface area contributed by atoms with E-state index in [9.17, 15) is 4.39 Å². The molecule has 9 heteroatoms. The fraction of sp³-hybridized carbons (Fsp3) is 0.550. The zero-order valence-corrected chi connectivity index (χ0v) is 20.8. The highest BCUT2D eigenvalue weighted by atomic mass is 127. The highest BCUT2D eigenvalue weighted by Crippen LogP contribution is 2.16. The summed E-state index contributed by atoms with van der Waals surface area (Å²) in [6.07, 6.45) is 4.59. The van der Waals surface area contributed by atoms with Crippen LogP contribution in [-0.2, 0) is 19.4 Å². The van der Waals surface area contributed by atoms with E-state index in [0.717, 1.165) is 54.9 Å². The lowest BCUT2D eigenvalue weighted by Crippen LogP contribution is -2.38. The summed E-state index contributed by atoms with van der Waals surface area (Å²) in [5, 5.41) is 16.2. The molecule has 2 rings (SSSR count). The minimum Gasteiger partial charge on any atom is -0.356 e. The van der Waals surface area contributed by atoms with Crippen molar-refractivity contribution >= 4 is 41.7 Å². The van der Waals surface area contributed by atoms with Gasteiger partial charge < -0.3 is 15.2 Å². The van der Waals surface area contributed by atoms with Crippen molar-refractivity contribution in [2.45, 2.75) is 44.8 Å². The van der Waals surface area contributed by atoms with Gasteiger partial charge in [-0.15, -0.1) is 34.2 Å². The van der Waals surface area contributed by atoms with Gasteiger partial charge in [-0.1, -0.05) is 37.7 Å². The van der Waals surface area contributed by atoms with Gasteiger partial charge in [0.05, 0.1) is 0 Å². The molecule has 1 heterocycles. The molecule has 0 amide bonds. The summed E-state index contributed by atoms with van der Waals surface area (Å²) in [7, 11) is 1.75. The predicted molar refractivity (Wildman–Crippen MR) is 130 cm³/mol. The molecule has 0 unspecified atom stereocenters. The molecule has 6 nitrogen and oxygen atoms in total. The van der Waals surface area contributed by atoms with Gasteiger partial charge in [0.25, 0.3) is 0 Å². The molecule has 0 saturated carbocycles. The zero-order valence-electron chi connectivity index (χ0n) is 17.6. The molecule has 0 bridgehead atoms. The lowest BCUT2D eigenvalue weighted by molar-refractivity contribution is 0.477. The molecule has 0 fully saturated rings. The lowest BCUT2D eigenvalue weighted by Gasteiger charge is -2.13. The number of hydrogen-bond acceptors (Lipinski definition) is 4. The van der Waals surface area contributed by atoms with E-state index in [2.05, 4.69) is 44.2 Å². The third-order valence-corrected chi connectivity index (χ3v) is 4.88. The van der Waals surface area contributed by atoms with Crippen molar-refractivity contribution in [1.29, 1.82) is 0 Å². The summed E-state index contributed by atoms with van der Waals surface area (Å²) >= 11 is 1.64. The summed E-state index contributed by atoms with van der Waals surface area (Å²) in [5.41, 5.74) is 0.969. The number of halogens is 2. The summed E-state index contributed by atoms with van der Waals surface area (Å²) in [5.74, 6) is 2.15. The van der Waals surface area contributed by atoms with E-state index in [-0.39, 0.29) is 29.8 Å². The first kappa shape index (κ1) is 25.7. The molecule has 0 radical (unpaired) electrons. The summed E-state index contributed by atoms with van der Waals surface area (Å²) in [4.78, 5) is 4.24. The molecule has 2 aromatic rings. The van der Waals surface area contributed by atoms with Crippen molar-refractivity contribution in [2.24, 2.45) is 10.9 Å². The molecule has 1 aromatic heterocycles. The van der Waals surface area contributed by atoms with Crippen LogP contribution >= 0.6 is 35.7 Å². The van der Waals surface area contributed by atoms with E-state index < -0.39 is 0 Å². The first-order valence-corrected chi connectivity index (χ1v) is 10.9. The number of rotatable bonds is 10. The van der Waals surface area contributed by atoms with Gasteiger partial charge in [0.2, 0.25) is 0 Å². The molecule has 162 valence electrons. The van der Waals surface area contributed by atoms with E-state index in [1.54, 1.807) is 30.9 Å². The number of thioether (sulfide) groups is 1. The van der Waals surface area contributed by atoms with E-state index in [4.69, 9.17) is 0 Å². The van der Waals surface area contributed by atoms with Crippen LogP contribution < -0.4 is 10.6 Å². The largest absolute Gasteiger partial charge is 0.356 e. The Balaban J connectivity index is 0.00000420. The second-order valence-corrected chi connectivity index (χ2v) is 7.79. The van der Waals surface area contributed by atoms with Gasteiger partial charge >= 0.3 is 0 Å². The number of nitrogens with one attached hydrogen (secondary N) is 2. The van der Waals surface area contributed by atoms with Crippen molar-refractivity contribution in [1.82, 2.24) is 25.4 Å². The van der Waals surface area contributed by atoms with Gasteiger partial charge in [0, 0.05) is 33.1 Å². The zero-order chi connectivity index (χ0) is 20.4. The highest BCUT2D eigenvalue weighted by molar-refractivity contribution is 14.0. The molecule has 0 aliphatic carbocycles. The number of aromatic nitrogens is 3. The van der Waals surface area contributed by atoms with Crippen LogP contribution in [0.5, 0.6) is 0 Å². The predicted octanol–water partition coefficient (Wildman–Crippen LogP) is 3.75. The van der Waals surface area contributed by atoms with Crippen LogP contribution in [0.3, 0.4) is 0 Å². The Bertz CT molecular complexity index is 765. The van der Waals surface area contributed by atoms with Crippen LogP contribution in [0.4, 0.5) is 4.39 Å². The SMILES string of the molecule is CN=C(NCCCc1nnc(SC)n1CC(C)C)NCCc1cccc(F)c1.I. The Morgan fingerprint density at radius 1 is 1.21 bits per heavy atom. The van der Waals surface area contributed by atoms with Crippen LogP contribution in [0.2, 0.25) is 0 Å². The third-order valence-electron chi connectivity index (χ3n) is 4.21. The van der Waals surface area contributed by atoms with Crippen molar-refractivity contribution < 1.29 is 4.39 Å². The molecule has 0 atom stereocenters. The Morgan fingerprint density at radius 3 is 2.62 bits per heavy atom. The molecular weight excluding hydrogens is 502 g/mol. The van der Waals surface area contributed by atoms with Crippen LogP contribution in [0.25, 0.3) is 0 Å². The van der Waals surface area contributed by atoms with Crippen molar-refractivity contribution in [2.75, 3.05) is 26.4 Å². The fourth-order valence-electron chi connectivity index (χ4n) is 2.90. The maximum atomic E-state index is 13.2. The molecule has 29 heavy (non-hydrogen) atoms. The van der Waals surface area contributed by atoms with Gasteiger partial charge in [-0.2, -0.15) is 0 Å². The van der Waals surface area contributed by atoms with E-state index in [0.29, 0.717) is 12.5 Å². The summed E-state index contributed by atoms with van der Waals surface area (Å²) in [6.45, 7) is 6.84. The summed E-state index contributed by atoms with van der Waals surface area (Å²) < 4.78 is 15.4. The molecule has 2 N–H and O–H groups in total. The number of hydrogen-bond donors (Lipinski definition) is 2. The van der Waals surface area contributed by atoms with Gasteiger partial charge in [-0.3, -0.25) is 4.99 Å². The topological polar surface area (TPSA) is 67.1 Å². The van der Waals surface area contributed by atoms with Crippen LogP contribution in [-0.4, -0.2) is 47.1 Å². The molecule has 1 aromatic carbocycles.